The molecule has 1 aliphatic heterocycles. The van der Waals surface area contributed by atoms with Crippen LogP contribution in [0.25, 0.3) is 11.3 Å². The van der Waals surface area contributed by atoms with Crippen molar-refractivity contribution in [3.63, 3.8) is 0 Å². The van der Waals surface area contributed by atoms with Gasteiger partial charge in [0.1, 0.15) is 6.04 Å². The summed E-state index contributed by atoms with van der Waals surface area (Å²) in [5, 5.41) is 0.573. The number of urea groups is 1. The van der Waals surface area contributed by atoms with Crippen LogP contribution in [0.3, 0.4) is 0 Å². The zero-order chi connectivity index (χ0) is 23.8. The third-order valence-electron chi connectivity index (χ3n) is 5.11. The number of pyridine rings is 1. The first-order valence-corrected chi connectivity index (χ1v) is 11.0. The molecular weight excluding hydrogens is 475 g/mol. The second-order valence-electron chi connectivity index (χ2n) is 7.36. The van der Waals surface area contributed by atoms with Gasteiger partial charge in [0, 0.05) is 28.2 Å². The summed E-state index contributed by atoms with van der Waals surface area (Å²) >= 11 is 5.80. The Hall–Kier alpha value is -3.04. The van der Waals surface area contributed by atoms with Gasteiger partial charge >= 0.3 is 11.5 Å². The van der Waals surface area contributed by atoms with Crippen molar-refractivity contribution < 1.29 is 22.8 Å². The molecule has 0 aliphatic carbocycles. The van der Waals surface area contributed by atoms with E-state index in [2.05, 4.69) is 4.98 Å². The molecule has 10 heteroatoms. The van der Waals surface area contributed by atoms with Gasteiger partial charge in [0.15, 0.2) is 0 Å². The number of rotatable bonds is 5. The highest BCUT2D eigenvalue weighted by atomic mass is 35.5. The summed E-state index contributed by atoms with van der Waals surface area (Å²) in [5.74, 6) is -0.444. The average molecular weight is 492 g/mol. The van der Waals surface area contributed by atoms with Crippen molar-refractivity contribution in [3.05, 3.63) is 77.4 Å². The first-order chi connectivity index (χ1) is 15.6. The summed E-state index contributed by atoms with van der Waals surface area (Å²) in [5.41, 5.74) is -1.93. The zero-order valence-electron chi connectivity index (χ0n) is 17.2. The number of hydrogen-bond donors (Lipinski definition) is 0. The Morgan fingerprint density at radius 1 is 1.06 bits per heavy atom. The van der Waals surface area contributed by atoms with Crippen LogP contribution in [0.2, 0.25) is 5.02 Å². The molecule has 170 valence electrons. The second-order valence-corrected chi connectivity index (χ2v) is 8.94. The number of anilines is 1. The van der Waals surface area contributed by atoms with Gasteiger partial charge in [0.25, 0.3) is 5.91 Å². The van der Waals surface area contributed by atoms with Crippen LogP contribution < -0.4 is 4.90 Å². The molecule has 1 unspecified atom stereocenters. The Bertz CT molecular complexity index is 1200. The lowest BCUT2D eigenvalue weighted by Gasteiger charge is -2.20. The van der Waals surface area contributed by atoms with E-state index in [0.717, 1.165) is 16.0 Å². The first-order valence-electron chi connectivity index (χ1n) is 9.83. The summed E-state index contributed by atoms with van der Waals surface area (Å²) in [7, 11) is 0. The zero-order valence-corrected chi connectivity index (χ0v) is 18.8. The molecule has 3 aromatic rings. The maximum absolute atomic E-state index is 13.1. The van der Waals surface area contributed by atoms with Gasteiger partial charge < -0.3 is 4.90 Å². The van der Waals surface area contributed by atoms with E-state index in [0.29, 0.717) is 10.7 Å². The summed E-state index contributed by atoms with van der Waals surface area (Å²) in [6.45, 7) is 1.79. The van der Waals surface area contributed by atoms with E-state index in [-0.39, 0.29) is 28.9 Å². The highest BCUT2D eigenvalue weighted by Gasteiger charge is 2.43. The lowest BCUT2D eigenvalue weighted by Crippen LogP contribution is -2.33. The topological polar surface area (TPSA) is 53.5 Å². The fraction of sp³-hybridized carbons (Fsp3) is 0.174. The molecule has 0 saturated carbocycles. The number of amides is 3. The Morgan fingerprint density at radius 3 is 2.45 bits per heavy atom. The Labute approximate surface area is 197 Å². The van der Waals surface area contributed by atoms with Crippen LogP contribution in [0.15, 0.2) is 71.8 Å². The number of benzene rings is 2. The molecule has 4 rings (SSSR count). The van der Waals surface area contributed by atoms with Crippen molar-refractivity contribution in [2.24, 2.45) is 0 Å². The Morgan fingerprint density at radius 2 is 1.79 bits per heavy atom. The van der Waals surface area contributed by atoms with Gasteiger partial charge in [-0.05, 0) is 72.8 Å². The maximum atomic E-state index is 13.1. The molecule has 1 atom stereocenters. The summed E-state index contributed by atoms with van der Waals surface area (Å²) in [4.78, 5) is 32.6. The summed E-state index contributed by atoms with van der Waals surface area (Å²) in [6.07, 6.45) is 1.62. The van der Waals surface area contributed by atoms with Crippen molar-refractivity contribution in [2.45, 2.75) is 29.9 Å². The van der Waals surface area contributed by atoms with Gasteiger partial charge in [-0.1, -0.05) is 23.7 Å². The number of hydrogen-bond acceptors (Lipinski definition) is 4. The number of aromatic nitrogens is 1. The second kappa shape index (κ2) is 9.07. The number of thioether (sulfide) groups is 1. The molecule has 0 radical (unpaired) electrons. The quantitative estimate of drug-likeness (QED) is 0.307. The van der Waals surface area contributed by atoms with Crippen LogP contribution in [0, 0.1) is 0 Å². The lowest BCUT2D eigenvalue weighted by atomic mass is 10.1. The van der Waals surface area contributed by atoms with E-state index in [1.165, 1.54) is 29.2 Å². The Kier molecular flexibility index (Phi) is 6.36. The molecule has 0 N–H and O–H groups in total. The average Bonchev–Trinajstić information content (AvgIpc) is 2.97. The number of carbonyl (C=O) groups is 2. The fourth-order valence-corrected chi connectivity index (χ4v) is 4.25. The van der Waals surface area contributed by atoms with Crippen LogP contribution in [-0.4, -0.2) is 33.4 Å². The van der Waals surface area contributed by atoms with E-state index in [1.54, 1.807) is 31.3 Å². The molecular formula is C23H17ClF3N3O2S. The molecule has 1 aliphatic rings. The van der Waals surface area contributed by atoms with E-state index in [4.69, 9.17) is 11.6 Å². The minimum atomic E-state index is -4.42. The Balaban J connectivity index is 1.54. The lowest BCUT2D eigenvalue weighted by molar-refractivity contribution is -0.119. The summed E-state index contributed by atoms with van der Waals surface area (Å²) < 4.78 is 37.7. The van der Waals surface area contributed by atoms with Crippen molar-refractivity contribution in [1.82, 2.24) is 9.88 Å². The van der Waals surface area contributed by atoms with Crippen LogP contribution in [-0.2, 0) is 11.3 Å². The molecule has 1 saturated heterocycles. The normalized spacial score (nSPS) is 16.6. The predicted molar refractivity (Wildman–Crippen MR) is 121 cm³/mol. The fourth-order valence-electron chi connectivity index (χ4n) is 3.52. The van der Waals surface area contributed by atoms with E-state index < -0.39 is 23.5 Å². The molecule has 2 heterocycles. The van der Waals surface area contributed by atoms with Crippen LogP contribution in [0.1, 0.15) is 12.5 Å². The SMILES string of the molecule is CC1C(=O)N(c2ccc(SC(F)(F)F)cc2)C(=O)N1Cc1ccnc(-c2cccc(Cl)c2)c1. The van der Waals surface area contributed by atoms with Gasteiger partial charge in [0.05, 0.1) is 11.4 Å². The molecule has 1 aromatic heterocycles. The van der Waals surface area contributed by atoms with Crippen LogP contribution in [0.5, 0.6) is 0 Å². The third kappa shape index (κ3) is 5.15. The monoisotopic (exact) mass is 491 g/mol. The minimum absolute atomic E-state index is 0.0272. The summed E-state index contributed by atoms with van der Waals surface area (Å²) in [6, 6.07) is 14.7. The maximum Gasteiger partial charge on any atom is 0.446 e. The molecule has 2 aromatic carbocycles. The molecule has 5 nitrogen and oxygen atoms in total. The van der Waals surface area contributed by atoms with Gasteiger partial charge in [-0.2, -0.15) is 13.2 Å². The van der Waals surface area contributed by atoms with E-state index in [1.807, 2.05) is 18.2 Å². The predicted octanol–water partition coefficient (Wildman–Crippen LogP) is 6.37. The molecule has 0 bridgehead atoms. The largest absolute Gasteiger partial charge is 0.446 e. The smallest absolute Gasteiger partial charge is 0.308 e. The van der Waals surface area contributed by atoms with Gasteiger partial charge in [0.2, 0.25) is 0 Å². The van der Waals surface area contributed by atoms with E-state index >= 15 is 0 Å². The van der Waals surface area contributed by atoms with Gasteiger partial charge in [-0.25, -0.2) is 9.69 Å². The molecule has 3 amide bonds. The molecule has 1 fully saturated rings. The van der Waals surface area contributed by atoms with Gasteiger partial charge in [-0.15, -0.1) is 0 Å². The molecule has 0 spiro atoms. The highest BCUT2D eigenvalue weighted by molar-refractivity contribution is 8.00. The van der Waals surface area contributed by atoms with Crippen LogP contribution in [0.4, 0.5) is 23.7 Å². The van der Waals surface area contributed by atoms with Gasteiger partial charge in [-0.3, -0.25) is 9.78 Å². The number of alkyl halides is 3. The molecule has 33 heavy (non-hydrogen) atoms. The number of imide groups is 1. The highest BCUT2D eigenvalue weighted by Crippen LogP contribution is 2.38. The number of halogens is 4. The van der Waals surface area contributed by atoms with Crippen molar-refractivity contribution in [2.75, 3.05) is 4.90 Å². The van der Waals surface area contributed by atoms with Crippen LogP contribution >= 0.6 is 23.4 Å². The standard InChI is InChI=1S/C23H17ClF3N3O2S/c1-14-21(31)30(18-5-7-19(8-6-18)33-23(25,26)27)22(32)29(14)13-15-9-10-28-20(11-15)16-3-2-4-17(24)12-16/h2-12,14H,13H2,1H3. The van der Waals surface area contributed by atoms with Crippen molar-refractivity contribution in [3.8, 4) is 11.3 Å². The van der Waals surface area contributed by atoms with Crippen molar-refractivity contribution >= 4 is 41.0 Å². The van der Waals surface area contributed by atoms with Crippen molar-refractivity contribution in [1.29, 1.82) is 0 Å². The number of carbonyl (C=O) groups excluding carboxylic acids is 2. The minimum Gasteiger partial charge on any atom is -0.308 e. The van der Waals surface area contributed by atoms with E-state index in [9.17, 15) is 22.8 Å². The first kappa shape index (κ1) is 23.1. The third-order valence-corrected chi connectivity index (χ3v) is 6.08. The number of nitrogens with zero attached hydrogens (tertiary/aromatic N) is 3.